The molecule has 0 saturated carbocycles. The van der Waals surface area contributed by atoms with Crippen molar-refractivity contribution >= 4 is 21.7 Å². The number of carbonyl (C=O) groups is 1. The molecule has 1 aromatic carbocycles. The molecule has 0 saturated heterocycles. The number of rotatable bonds is 3. The van der Waals surface area contributed by atoms with Gasteiger partial charge in [0.05, 0.1) is 6.07 Å². The second-order valence-corrected chi connectivity index (χ2v) is 4.54. The zero-order valence-corrected chi connectivity index (χ0v) is 11.0. The van der Waals surface area contributed by atoms with Gasteiger partial charge in [0.2, 0.25) is 0 Å². The second kappa shape index (κ2) is 5.56. The minimum atomic E-state index is -0.799. The van der Waals surface area contributed by atoms with Crippen molar-refractivity contribution in [2.75, 3.05) is 0 Å². The number of halogens is 1. The lowest BCUT2D eigenvalue weighted by Crippen LogP contribution is -2.11. The van der Waals surface area contributed by atoms with Gasteiger partial charge in [0.15, 0.2) is 5.78 Å². The van der Waals surface area contributed by atoms with Crippen LogP contribution < -0.4 is 0 Å². The SMILES string of the molecule is N#CC(C(=O)c1ccccc1Br)c1ccncc1. The van der Waals surface area contributed by atoms with Gasteiger partial charge in [-0.25, -0.2) is 0 Å². The van der Waals surface area contributed by atoms with Crippen molar-refractivity contribution < 1.29 is 4.79 Å². The number of benzene rings is 1. The molecule has 0 aliphatic heterocycles. The summed E-state index contributed by atoms with van der Waals surface area (Å²) < 4.78 is 0.698. The smallest absolute Gasteiger partial charge is 0.185 e. The van der Waals surface area contributed by atoms with E-state index in [1.54, 1.807) is 42.7 Å². The summed E-state index contributed by atoms with van der Waals surface area (Å²) >= 11 is 3.32. The van der Waals surface area contributed by atoms with E-state index in [0.29, 0.717) is 15.6 Å². The summed E-state index contributed by atoms with van der Waals surface area (Å²) in [5.41, 5.74) is 1.18. The van der Waals surface area contributed by atoms with Crippen molar-refractivity contribution in [3.63, 3.8) is 0 Å². The number of nitrogens with zero attached hydrogens (tertiary/aromatic N) is 2. The molecule has 0 spiro atoms. The molecule has 1 unspecified atom stereocenters. The van der Waals surface area contributed by atoms with Crippen molar-refractivity contribution in [1.82, 2.24) is 4.98 Å². The fourth-order valence-electron chi connectivity index (χ4n) is 1.66. The van der Waals surface area contributed by atoms with Gasteiger partial charge in [0.1, 0.15) is 5.92 Å². The molecular weight excluding hydrogens is 292 g/mol. The van der Waals surface area contributed by atoms with Gasteiger partial charge in [-0.1, -0.05) is 34.1 Å². The summed E-state index contributed by atoms with van der Waals surface area (Å²) in [4.78, 5) is 16.2. The van der Waals surface area contributed by atoms with Crippen LogP contribution in [0.5, 0.6) is 0 Å². The third-order valence-electron chi connectivity index (χ3n) is 2.57. The van der Waals surface area contributed by atoms with Gasteiger partial charge in [-0.05, 0) is 23.8 Å². The molecule has 3 nitrogen and oxygen atoms in total. The molecule has 0 aliphatic rings. The monoisotopic (exact) mass is 300 g/mol. The average molecular weight is 301 g/mol. The summed E-state index contributed by atoms with van der Waals surface area (Å²) in [6, 6.07) is 12.5. The Morgan fingerprint density at radius 1 is 1.22 bits per heavy atom. The maximum Gasteiger partial charge on any atom is 0.185 e. The Kier molecular flexibility index (Phi) is 3.85. The zero-order chi connectivity index (χ0) is 13.0. The Labute approximate surface area is 113 Å². The highest BCUT2D eigenvalue weighted by atomic mass is 79.9. The van der Waals surface area contributed by atoms with Crippen molar-refractivity contribution in [3.05, 3.63) is 64.4 Å². The molecule has 0 radical (unpaired) electrons. The van der Waals surface area contributed by atoms with E-state index < -0.39 is 5.92 Å². The Bertz CT molecular complexity index is 605. The van der Waals surface area contributed by atoms with Crippen LogP contribution in [0.25, 0.3) is 0 Å². The number of carbonyl (C=O) groups excluding carboxylic acids is 1. The van der Waals surface area contributed by atoms with E-state index in [4.69, 9.17) is 0 Å². The quantitative estimate of drug-likeness (QED) is 0.817. The molecule has 4 heteroatoms. The first-order valence-corrected chi connectivity index (χ1v) is 6.11. The second-order valence-electron chi connectivity index (χ2n) is 3.69. The molecule has 2 rings (SSSR count). The van der Waals surface area contributed by atoms with Crippen LogP contribution >= 0.6 is 15.9 Å². The third-order valence-corrected chi connectivity index (χ3v) is 3.26. The number of aromatic nitrogens is 1. The van der Waals surface area contributed by atoms with Gasteiger partial charge < -0.3 is 0 Å². The Morgan fingerprint density at radius 3 is 2.50 bits per heavy atom. The Balaban J connectivity index is 2.39. The van der Waals surface area contributed by atoms with Gasteiger partial charge in [-0.2, -0.15) is 5.26 Å². The topological polar surface area (TPSA) is 53.8 Å². The standard InChI is InChI=1S/C14H9BrN2O/c15-13-4-2-1-3-11(13)14(18)12(9-16)10-5-7-17-8-6-10/h1-8,12H. The number of ketones is 1. The van der Waals surface area contributed by atoms with Crippen LogP contribution in [0.3, 0.4) is 0 Å². The minimum Gasteiger partial charge on any atom is -0.292 e. The minimum absolute atomic E-state index is 0.212. The normalized spacial score (nSPS) is 11.6. The highest BCUT2D eigenvalue weighted by Crippen LogP contribution is 2.24. The van der Waals surface area contributed by atoms with E-state index >= 15 is 0 Å². The Hall–Kier alpha value is -1.99. The third kappa shape index (κ3) is 2.47. The molecule has 0 N–H and O–H groups in total. The molecule has 0 amide bonds. The molecule has 88 valence electrons. The van der Waals surface area contributed by atoms with Crippen LogP contribution in [0.15, 0.2) is 53.3 Å². The zero-order valence-electron chi connectivity index (χ0n) is 9.38. The summed E-state index contributed by atoms with van der Waals surface area (Å²) in [6.07, 6.45) is 3.15. The predicted molar refractivity (Wildman–Crippen MR) is 71.1 cm³/mol. The number of nitriles is 1. The summed E-state index contributed by atoms with van der Waals surface area (Å²) in [7, 11) is 0. The van der Waals surface area contributed by atoms with Crippen LogP contribution in [-0.2, 0) is 0 Å². The van der Waals surface area contributed by atoms with Crippen LogP contribution in [0, 0.1) is 11.3 Å². The van der Waals surface area contributed by atoms with Gasteiger partial charge >= 0.3 is 0 Å². The van der Waals surface area contributed by atoms with Crippen molar-refractivity contribution in [2.24, 2.45) is 0 Å². The van der Waals surface area contributed by atoms with Gasteiger partial charge in [-0.15, -0.1) is 0 Å². The molecule has 1 aromatic heterocycles. The summed E-state index contributed by atoms with van der Waals surface area (Å²) in [5.74, 6) is -1.01. The number of Topliss-reactive ketones (excluding diaryl/α,β-unsaturated/α-hetero) is 1. The summed E-state index contributed by atoms with van der Waals surface area (Å²) in [5, 5.41) is 9.20. The first-order chi connectivity index (χ1) is 8.74. The number of hydrogen-bond acceptors (Lipinski definition) is 3. The van der Waals surface area contributed by atoms with Crippen molar-refractivity contribution in [2.45, 2.75) is 5.92 Å². The van der Waals surface area contributed by atoms with E-state index in [0.717, 1.165) is 0 Å². The fraction of sp³-hybridized carbons (Fsp3) is 0.0714. The van der Waals surface area contributed by atoms with E-state index in [1.165, 1.54) is 0 Å². The van der Waals surface area contributed by atoms with Gasteiger partial charge in [0.25, 0.3) is 0 Å². The highest BCUT2D eigenvalue weighted by Gasteiger charge is 2.22. The van der Waals surface area contributed by atoms with Crippen molar-refractivity contribution in [3.8, 4) is 6.07 Å². The maximum atomic E-state index is 12.3. The summed E-state index contributed by atoms with van der Waals surface area (Å²) in [6.45, 7) is 0. The maximum absolute atomic E-state index is 12.3. The van der Waals surface area contributed by atoms with Gasteiger partial charge in [0, 0.05) is 22.4 Å². The first kappa shape index (κ1) is 12.5. The fourth-order valence-corrected chi connectivity index (χ4v) is 2.14. The van der Waals surface area contributed by atoms with Crippen LogP contribution in [0.1, 0.15) is 21.8 Å². The number of pyridine rings is 1. The van der Waals surface area contributed by atoms with E-state index in [9.17, 15) is 10.1 Å². The molecule has 2 aromatic rings. The predicted octanol–water partition coefficient (Wildman–Crippen LogP) is 3.33. The molecule has 18 heavy (non-hydrogen) atoms. The van der Waals surface area contributed by atoms with E-state index in [2.05, 4.69) is 20.9 Å². The Morgan fingerprint density at radius 2 is 1.89 bits per heavy atom. The molecular formula is C14H9BrN2O. The lowest BCUT2D eigenvalue weighted by molar-refractivity contribution is 0.0978. The number of hydrogen-bond donors (Lipinski definition) is 0. The highest BCUT2D eigenvalue weighted by molar-refractivity contribution is 9.10. The molecule has 0 aliphatic carbocycles. The molecule has 1 heterocycles. The largest absolute Gasteiger partial charge is 0.292 e. The average Bonchev–Trinajstić information content (AvgIpc) is 2.41. The first-order valence-electron chi connectivity index (χ1n) is 5.32. The van der Waals surface area contributed by atoms with E-state index in [1.807, 2.05) is 12.1 Å². The van der Waals surface area contributed by atoms with Crippen LogP contribution in [0.4, 0.5) is 0 Å². The van der Waals surface area contributed by atoms with Crippen LogP contribution in [0.2, 0.25) is 0 Å². The lowest BCUT2D eigenvalue weighted by atomic mass is 9.92. The van der Waals surface area contributed by atoms with Crippen LogP contribution in [-0.4, -0.2) is 10.8 Å². The van der Waals surface area contributed by atoms with Gasteiger partial charge in [-0.3, -0.25) is 9.78 Å². The molecule has 1 atom stereocenters. The lowest BCUT2D eigenvalue weighted by Gasteiger charge is -2.09. The van der Waals surface area contributed by atoms with Crippen molar-refractivity contribution in [1.29, 1.82) is 5.26 Å². The van der Waals surface area contributed by atoms with E-state index in [-0.39, 0.29) is 5.78 Å². The molecule has 0 fully saturated rings. The molecule has 0 bridgehead atoms.